The number of H-pyrrole nitrogens is 2. The van der Waals surface area contributed by atoms with E-state index in [-0.39, 0.29) is 11.9 Å². The molecule has 106 valence electrons. The molecule has 4 N–H and O–H groups in total. The van der Waals surface area contributed by atoms with Crippen molar-refractivity contribution in [2.75, 3.05) is 18.8 Å². The van der Waals surface area contributed by atoms with Crippen LogP contribution in [0.25, 0.3) is 0 Å². The zero-order valence-electron chi connectivity index (χ0n) is 10.7. The van der Waals surface area contributed by atoms with E-state index in [0.29, 0.717) is 6.54 Å². The van der Waals surface area contributed by atoms with Gasteiger partial charge in [0.1, 0.15) is 11.1 Å². The number of hydrogen-bond donors (Lipinski definition) is 4. The molecule has 3 heterocycles. The summed E-state index contributed by atoms with van der Waals surface area (Å²) in [6.07, 6.45) is 4.17. The van der Waals surface area contributed by atoms with Crippen LogP contribution in [0.3, 0.4) is 0 Å². The summed E-state index contributed by atoms with van der Waals surface area (Å²) < 4.78 is 0. The minimum absolute atomic E-state index is 0.0428. The Morgan fingerprint density at radius 3 is 3.35 bits per heavy atom. The Morgan fingerprint density at radius 1 is 1.55 bits per heavy atom. The Kier molecular flexibility index (Phi) is 3.97. The van der Waals surface area contributed by atoms with Crippen molar-refractivity contribution in [3.05, 3.63) is 23.9 Å². The van der Waals surface area contributed by atoms with Gasteiger partial charge in [0.15, 0.2) is 0 Å². The molecule has 0 radical (unpaired) electrons. The lowest BCUT2D eigenvalue weighted by Gasteiger charge is -2.22. The first-order valence-corrected chi connectivity index (χ1v) is 7.35. The maximum absolute atomic E-state index is 12.1. The van der Waals surface area contributed by atoms with Crippen molar-refractivity contribution in [3.8, 4) is 0 Å². The number of nitrogens with zero attached hydrogens (tertiary/aromatic N) is 3. The summed E-state index contributed by atoms with van der Waals surface area (Å²) in [4.78, 5) is 19.4. The largest absolute Gasteiger partial charge is 0.354 e. The SMILES string of the molecule is O=C(NCCSc1cn[nH]n1)[C@@H]1NCCc2[nH]cnc21. The van der Waals surface area contributed by atoms with Gasteiger partial charge in [0.25, 0.3) is 0 Å². The fraction of sp³-hybridized carbons (Fsp3) is 0.455. The van der Waals surface area contributed by atoms with Crippen molar-refractivity contribution in [1.82, 2.24) is 36.0 Å². The minimum atomic E-state index is -0.359. The Balaban J connectivity index is 1.48. The van der Waals surface area contributed by atoms with Gasteiger partial charge >= 0.3 is 0 Å². The number of carbonyl (C=O) groups excluding carboxylic acids is 1. The van der Waals surface area contributed by atoms with Gasteiger partial charge in [0, 0.05) is 31.0 Å². The molecule has 3 rings (SSSR count). The van der Waals surface area contributed by atoms with Gasteiger partial charge in [-0.15, -0.1) is 16.9 Å². The van der Waals surface area contributed by atoms with Crippen LogP contribution in [-0.2, 0) is 11.2 Å². The van der Waals surface area contributed by atoms with Gasteiger partial charge in [-0.1, -0.05) is 0 Å². The number of amides is 1. The van der Waals surface area contributed by atoms with Crippen molar-refractivity contribution in [2.24, 2.45) is 0 Å². The number of imidazole rings is 1. The molecule has 0 spiro atoms. The second-order valence-electron chi connectivity index (χ2n) is 4.35. The molecule has 0 aliphatic carbocycles. The van der Waals surface area contributed by atoms with E-state index in [4.69, 9.17) is 0 Å². The third-order valence-electron chi connectivity index (χ3n) is 3.05. The molecule has 1 aliphatic heterocycles. The topological polar surface area (TPSA) is 111 Å². The monoisotopic (exact) mass is 293 g/mol. The van der Waals surface area contributed by atoms with E-state index in [2.05, 4.69) is 36.0 Å². The fourth-order valence-corrected chi connectivity index (χ4v) is 2.77. The van der Waals surface area contributed by atoms with E-state index in [1.54, 1.807) is 24.3 Å². The van der Waals surface area contributed by atoms with Crippen LogP contribution in [0, 0.1) is 0 Å². The summed E-state index contributed by atoms with van der Waals surface area (Å²) in [6, 6.07) is -0.359. The number of carbonyl (C=O) groups is 1. The second-order valence-corrected chi connectivity index (χ2v) is 5.47. The zero-order chi connectivity index (χ0) is 13.8. The average molecular weight is 293 g/mol. The minimum Gasteiger partial charge on any atom is -0.354 e. The van der Waals surface area contributed by atoms with E-state index in [1.165, 1.54) is 0 Å². The molecule has 0 bridgehead atoms. The van der Waals surface area contributed by atoms with Crippen LogP contribution in [0.2, 0.25) is 0 Å². The summed E-state index contributed by atoms with van der Waals surface area (Å²) in [6.45, 7) is 1.36. The van der Waals surface area contributed by atoms with Crippen molar-refractivity contribution in [1.29, 1.82) is 0 Å². The van der Waals surface area contributed by atoms with Crippen LogP contribution in [-0.4, -0.2) is 50.1 Å². The van der Waals surface area contributed by atoms with Gasteiger partial charge in [0.05, 0.1) is 18.2 Å². The van der Waals surface area contributed by atoms with E-state index in [1.807, 2.05) is 0 Å². The zero-order valence-corrected chi connectivity index (χ0v) is 11.5. The molecule has 0 saturated heterocycles. The Morgan fingerprint density at radius 2 is 2.50 bits per heavy atom. The molecule has 1 atom stereocenters. The predicted octanol–water partition coefficient (Wildman–Crippen LogP) is -0.377. The lowest BCUT2D eigenvalue weighted by molar-refractivity contribution is -0.123. The molecule has 1 aliphatic rings. The highest BCUT2D eigenvalue weighted by molar-refractivity contribution is 7.99. The number of fused-ring (bicyclic) bond motifs is 1. The van der Waals surface area contributed by atoms with E-state index in [0.717, 1.165) is 35.1 Å². The standard InChI is InChI=1S/C11H15N7OS/c19-11(13-3-4-20-8-5-16-18-17-8)10-9-7(1-2-12-10)14-6-15-9/h5-6,10,12H,1-4H2,(H,13,19)(H,14,15)(H,16,17,18)/t10-/m1/s1. The molecule has 0 aromatic carbocycles. The van der Waals surface area contributed by atoms with E-state index in [9.17, 15) is 4.79 Å². The molecule has 0 fully saturated rings. The first kappa shape index (κ1) is 13.1. The van der Waals surface area contributed by atoms with Gasteiger partial charge in [0.2, 0.25) is 5.91 Å². The van der Waals surface area contributed by atoms with E-state index >= 15 is 0 Å². The van der Waals surface area contributed by atoms with Crippen LogP contribution >= 0.6 is 11.8 Å². The van der Waals surface area contributed by atoms with Crippen molar-refractivity contribution < 1.29 is 4.79 Å². The molecule has 9 heteroatoms. The van der Waals surface area contributed by atoms with Crippen LogP contribution in [0.5, 0.6) is 0 Å². The highest BCUT2D eigenvalue weighted by Crippen LogP contribution is 2.19. The highest BCUT2D eigenvalue weighted by Gasteiger charge is 2.27. The van der Waals surface area contributed by atoms with Crippen LogP contribution in [0.1, 0.15) is 17.4 Å². The average Bonchev–Trinajstić information content (AvgIpc) is 3.13. The Labute approximate surface area is 119 Å². The number of nitrogens with one attached hydrogen (secondary N) is 4. The first-order valence-electron chi connectivity index (χ1n) is 6.36. The molecule has 20 heavy (non-hydrogen) atoms. The summed E-state index contributed by atoms with van der Waals surface area (Å²) in [5.74, 6) is 0.706. The van der Waals surface area contributed by atoms with Gasteiger partial charge in [-0.05, 0) is 0 Å². The summed E-state index contributed by atoms with van der Waals surface area (Å²) in [7, 11) is 0. The molecule has 1 amide bonds. The van der Waals surface area contributed by atoms with Crippen molar-refractivity contribution in [2.45, 2.75) is 17.5 Å². The highest BCUT2D eigenvalue weighted by atomic mass is 32.2. The normalized spacial score (nSPS) is 17.7. The molecule has 2 aromatic rings. The molecule has 0 unspecified atom stereocenters. The van der Waals surface area contributed by atoms with Crippen LogP contribution in [0.4, 0.5) is 0 Å². The lowest BCUT2D eigenvalue weighted by atomic mass is 10.1. The fourth-order valence-electron chi connectivity index (χ4n) is 2.13. The third kappa shape index (κ3) is 2.83. The molecule has 0 saturated carbocycles. The molecule has 8 nitrogen and oxygen atoms in total. The van der Waals surface area contributed by atoms with Gasteiger partial charge < -0.3 is 15.6 Å². The first-order chi connectivity index (χ1) is 9.84. The van der Waals surface area contributed by atoms with Gasteiger partial charge in [-0.2, -0.15) is 10.3 Å². The van der Waals surface area contributed by atoms with Gasteiger partial charge in [-0.3, -0.25) is 4.79 Å². The summed E-state index contributed by atoms with van der Waals surface area (Å²) in [5.41, 5.74) is 1.85. The molecular formula is C11H15N7OS. The number of hydrogen-bond acceptors (Lipinski definition) is 6. The van der Waals surface area contributed by atoms with Crippen LogP contribution in [0.15, 0.2) is 17.6 Å². The summed E-state index contributed by atoms with van der Waals surface area (Å²) in [5, 5.41) is 17.1. The number of rotatable bonds is 5. The predicted molar refractivity (Wildman–Crippen MR) is 73.2 cm³/mol. The number of aromatic nitrogens is 5. The maximum Gasteiger partial charge on any atom is 0.243 e. The van der Waals surface area contributed by atoms with Crippen molar-refractivity contribution >= 4 is 17.7 Å². The lowest BCUT2D eigenvalue weighted by Crippen LogP contribution is -2.42. The quantitative estimate of drug-likeness (QED) is 0.442. The number of aromatic amines is 2. The number of thioether (sulfide) groups is 1. The Hall–Kier alpha value is -1.87. The second kappa shape index (κ2) is 6.06. The van der Waals surface area contributed by atoms with Gasteiger partial charge in [-0.25, -0.2) is 4.98 Å². The molecular weight excluding hydrogens is 278 g/mol. The smallest absolute Gasteiger partial charge is 0.243 e. The maximum atomic E-state index is 12.1. The van der Waals surface area contributed by atoms with Crippen LogP contribution < -0.4 is 10.6 Å². The Bertz CT molecular complexity index is 567. The van der Waals surface area contributed by atoms with Crippen molar-refractivity contribution in [3.63, 3.8) is 0 Å². The summed E-state index contributed by atoms with van der Waals surface area (Å²) >= 11 is 1.54. The third-order valence-corrected chi connectivity index (χ3v) is 3.96. The molecule has 2 aromatic heterocycles. The van der Waals surface area contributed by atoms with E-state index < -0.39 is 0 Å².